The molecule has 2 aromatic rings. The van der Waals surface area contributed by atoms with Crippen LogP contribution in [0.5, 0.6) is 0 Å². The number of carbonyl (C=O) groups is 2. The molecule has 12 heteroatoms. The molecule has 1 aliphatic rings. The second kappa shape index (κ2) is 11.2. The highest BCUT2D eigenvalue weighted by atomic mass is 32.1. The summed E-state index contributed by atoms with van der Waals surface area (Å²) in [6.07, 6.45) is 1.25. The van der Waals surface area contributed by atoms with Gasteiger partial charge in [-0.25, -0.2) is 9.78 Å². The van der Waals surface area contributed by atoms with Gasteiger partial charge in [0.15, 0.2) is 11.5 Å². The predicted octanol–water partition coefficient (Wildman–Crippen LogP) is 3.95. The van der Waals surface area contributed by atoms with E-state index in [9.17, 15) is 14.2 Å². The fourth-order valence-electron chi connectivity index (χ4n) is 3.45. The average Bonchev–Trinajstić information content (AvgIpc) is 3.44. The van der Waals surface area contributed by atoms with Gasteiger partial charge in [0.1, 0.15) is 11.9 Å². The third-order valence-corrected chi connectivity index (χ3v) is 7.91. The zero-order valence-electron chi connectivity index (χ0n) is 18.4. The van der Waals surface area contributed by atoms with Crippen molar-refractivity contribution in [2.45, 2.75) is 39.5 Å². The maximum Gasteiger partial charge on any atom is 0.360 e. The van der Waals surface area contributed by atoms with Gasteiger partial charge in [-0.3, -0.25) is 9.36 Å². The predicted molar refractivity (Wildman–Crippen MR) is 118 cm³/mol. The molecule has 0 radical (unpaired) electrons. The molecule has 0 unspecified atom stereocenters. The molecule has 1 aliphatic heterocycles. The van der Waals surface area contributed by atoms with E-state index in [1.54, 1.807) is 25.7 Å². The molecule has 10 nitrogen and oxygen atoms in total. The first-order valence-electron chi connectivity index (χ1n) is 10.6. The molecule has 1 saturated heterocycles. The van der Waals surface area contributed by atoms with Crippen molar-refractivity contribution < 1.29 is 32.5 Å². The summed E-state index contributed by atoms with van der Waals surface area (Å²) in [7, 11) is -3.41. The SMILES string of the molecule is CCOC(=O)c1cc(-c2csc(C3CCN(C(=O)CP(=O)(OCC)OCC)CC3)n2)on1. The summed E-state index contributed by atoms with van der Waals surface area (Å²) < 4.78 is 33.3. The van der Waals surface area contributed by atoms with Crippen LogP contribution in [0.15, 0.2) is 16.0 Å². The number of esters is 1. The van der Waals surface area contributed by atoms with Gasteiger partial charge < -0.3 is 23.2 Å². The minimum Gasteiger partial charge on any atom is -0.461 e. The van der Waals surface area contributed by atoms with Gasteiger partial charge in [0, 0.05) is 30.5 Å². The Bertz CT molecular complexity index is 958. The van der Waals surface area contributed by atoms with Gasteiger partial charge in [-0.05, 0) is 33.6 Å². The largest absolute Gasteiger partial charge is 0.461 e. The van der Waals surface area contributed by atoms with Crippen molar-refractivity contribution in [3.8, 4) is 11.5 Å². The number of hydrogen-bond acceptors (Lipinski definition) is 10. The van der Waals surface area contributed by atoms with Gasteiger partial charge in [0.25, 0.3) is 0 Å². The number of ether oxygens (including phenoxy) is 1. The maximum absolute atomic E-state index is 12.6. The fourth-order valence-corrected chi connectivity index (χ4v) is 6.00. The lowest BCUT2D eigenvalue weighted by molar-refractivity contribution is -0.129. The molecule has 0 aromatic carbocycles. The number of amides is 1. The van der Waals surface area contributed by atoms with Crippen molar-refractivity contribution in [1.29, 1.82) is 0 Å². The number of piperidine rings is 1. The van der Waals surface area contributed by atoms with E-state index in [0.717, 1.165) is 17.8 Å². The summed E-state index contributed by atoms with van der Waals surface area (Å²) in [4.78, 5) is 30.7. The topological polar surface area (TPSA) is 121 Å². The molecule has 176 valence electrons. The van der Waals surface area contributed by atoms with Gasteiger partial charge in [-0.15, -0.1) is 11.3 Å². The number of likely N-dealkylation sites (tertiary alicyclic amines) is 1. The van der Waals surface area contributed by atoms with Crippen molar-refractivity contribution in [3.05, 3.63) is 22.1 Å². The minimum atomic E-state index is -3.41. The van der Waals surface area contributed by atoms with Crippen LogP contribution in [-0.2, 0) is 23.1 Å². The van der Waals surface area contributed by atoms with Crippen LogP contribution in [0, 0.1) is 0 Å². The standard InChI is InChI=1S/C20H28N3O7PS/c1-4-27-20(25)15-11-17(30-22-15)16-13-32-19(21-16)14-7-9-23(10-8-14)18(24)12-31(26,28-5-2)29-6-3/h11,13-14H,4-10,12H2,1-3H3. The van der Waals surface area contributed by atoms with E-state index in [4.69, 9.17) is 18.3 Å². The Labute approximate surface area is 190 Å². The molecular weight excluding hydrogens is 457 g/mol. The number of aromatic nitrogens is 2. The maximum atomic E-state index is 12.6. The number of rotatable bonds is 10. The quantitative estimate of drug-likeness (QED) is 0.364. The summed E-state index contributed by atoms with van der Waals surface area (Å²) in [6.45, 7) is 6.98. The van der Waals surface area contributed by atoms with Crippen LogP contribution < -0.4 is 0 Å². The molecule has 3 rings (SSSR count). The lowest BCUT2D eigenvalue weighted by Crippen LogP contribution is -2.39. The van der Waals surface area contributed by atoms with Gasteiger partial charge >= 0.3 is 13.6 Å². The highest BCUT2D eigenvalue weighted by molar-refractivity contribution is 7.54. The molecular formula is C20H28N3O7PS. The highest BCUT2D eigenvalue weighted by Gasteiger charge is 2.33. The second-order valence-corrected chi connectivity index (χ2v) is 10.1. The van der Waals surface area contributed by atoms with Crippen LogP contribution in [-0.4, -0.2) is 66.0 Å². The first-order valence-corrected chi connectivity index (χ1v) is 13.2. The summed E-state index contributed by atoms with van der Waals surface area (Å²) >= 11 is 1.51. The van der Waals surface area contributed by atoms with E-state index in [1.165, 1.54) is 17.4 Å². The smallest absolute Gasteiger partial charge is 0.360 e. The second-order valence-electron chi connectivity index (χ2n) is 7.13. The number of hydrogen-bond donors (Lipinski definition) is 0. The van der Waals surface area contributed by atoms with E-state index < -0.39 is 13.6 Å². The number of nitrogens with zero attached hydrogens (tertiary/aromatic N) is 3. The molecule has 0 bridgehead atoms. The van der Waals surface area contributed by atoms with Gasteiger partial charge in [-0.2, -0.15) is 0 Å². The Morgan fingerprint density at radius 3 is 2.50 bits per heavy atom. The molecule has 0 N–H and O–H groups in total. The van der Waals surface area contributed by atoms with Gasteiger partial charge in [-0.1, -0.05) is 5.16 Å². The van der Waals surface area contributed by atoms with E-state index in [1.807, 2.05) is 5.38 Å². The summed E-state index contributed by atoms with van der Waals surface area (Å²) in [5, 5.41) is 6.55. The van der Waals surface area contributed by atoms with Crippen molar-refractivity contribution in [2.75, 3.05) is 39.1 Å². The average molecular weight is 485 g/mol. The Hall–Kier alpha value is -2.07. The Morgan fingerprint density at radius 2 is 1.88 bits per heavy atom. The van der Waals surface area contributed by atoms with Crippen molar-refractivity contribution >= 4 is 30.8 Å². The van der Waals surface area contributed by atoms with Crippen molar-refractivity contribution in [1.82, 2.24) is 15.0 Å². The molecule has 1 fully saturated rings. The van der Waals surface area contributed by atoms with Crippen molar-refractivity contribution in [2.24, 2.45) is 0 Å². The molecule has 32 heavy (non-hydrogen) atoms. The van der Waals surface area contributed by atoms with Gasteiger partial charge in [0.05, 0.1) is 24.8 Å². The molecule has 0 aliphatic carbocycles. The Balaban J connectivity index is 1.57. The van der Waals surface area contributed by atoms with Crippen LogP contribution in [0.4, 0.5) is 0 Å². The minimum absolute atomic E-state index is 0.111. The fraction of sp³-hybridized carbons (Fsp3) is 0.600. The highest BCUT2D eigenvalue weighted by Crippen LogP contribution is 2.48. The van der Waals surface area contributed by atoms with Crippen LogP contribution in [0.2, 0.25) is 0 Å². The molecule has 0 saturated carbocycles. The first-order chi connectivity index (χ1) is 15.4. The third-order valence-electron chi connectivity index (χ3n) is 4.95. The van der Waals surface area contributed by atoms with Crippen LogP contribution in [0.1, 0.15) is 55.0 Å². The van der Waals surface area contributed by atoms with E-state index in [-0.39, 0.29) is 43.5 Å². The van der Waals surface area contributed by atoms with Crippen molar-refractivity contribution in [3.63, 3.8) is 0 Å². The summed E-state index contributed by atoms with van der Waals surface area (Å²) in [5.41, 5.74) is 0.723. The molecule has 3 heterocycles. The van der Waals surface area contributed by atoms with E-state index in [0.29, 0.717) is 24.5 Å². The Kier molecular flexibility index (Phi) is 8.58. The molecule has 2 aromatic heterocycles. The number of thiazole rings is 1. The number of carbonyl (C=O) groups excluding carboxylic acids is 2. The monoisotopic (exact) mass is 485 g/mol. The molecule has 1 amide bonds. The lowest BCUT2D eigenvalue weighted by Gasteiger charge is -2.32. The molecule has 0 spiro atoms. The third kappa shape index (κ3) is 6.04. The summed E-state index contributed by atoms with van der Waals surface area (Å²) in [5.74, 6) is -0.142. The van der Waals surface area contributed by atoms with Crippen LogP contribution in [0.25, 0.3) is 11.5 Å². The lowest BCUT2D eigenvalue weighted by atomic mass is 9.97. The first kappa shape index (κ1) is 24.6. The summed E-state index contributed by atoms with van der Waals surface area (Å²) in [6, 6.07) is 1.52. The van der Waals surface area contributed by atoms with Gasteiger partial charge in [0.2, 0.25) is 5.91 Å². The molecule has 0 atom stereocenters. The van der Waals surface area contributed by atoms with Crippen LogP contribution in [0.3, 0.4) is 0 Å². The van der Waals surface area contributed by atoms with Crippen LogP contribution >= 0.6 is 18.9 Å². The Morgan fingerprint density at radius 1 is 1.19 bits per heavy atom. The zero-order valence-corrected chi connectivity index (χ0v) is 20.2. The zero-order chi connectivity index (χ0) is 23.1. The van der Waals surface area contributed by atoms with E-state index in [2.05, 4.69) is 10.1 Å². The normalized spacial score (nSPS) is 15.2. The van der Waals surface area contributed by atoms with E-state index >= 15 is 0 Å².